The first-order valence-corrected chi connectivity index (χ1v) is 6.61. The minimum atomic E-state index is -0.566. The fourth-order valence-corrected chi connectivity index (χ4v) is 2.25. The molecule has 1 aromatic carbocycles. The summed E-state index contributed by atoms with van der Waals surface area (Å²) in [6.45, 7) is 0. The van der Waals surface area contributed by atoms with Gasteiger partial charge in [-0.2, -0.15) is 0 Å². The van der Waals surface area contributed by atoms with E-state index in [9.17, 15) is 4.79 Å². The number of methoxy groups -OCH3 is 1. The number of nitrogens with zero attached hydrogens (tertiary/aromatic N) is 2. The quantitative estimate of drug-likeness (QED) is 0.747. The van der Waals surface area contributed by atoms with Crippen molar-refractivity contribution >= 4 is 17.4 Å². The standard InChI is InChI=1S/C16H15N3O2/c1-21-16(20)15(12-6-3-2-4-7-12)18-14-9-5-8-13-17-10-11-19(13)14/h2-11,15,18H,1H3. The van der Waals surface area contributed by atoms with Gasteiger partial charge in [0.2, 0.25) is 0 Å². The summed E-state index contributed by atoms with van der Waals surface area (Å²) in [7, 11) is 1.39. The number of rotatable bonds is 4. The summed E-state index contributed by atoms with van der Waals surface area (Å²) in [5.41, 5.74) is 1.66. The molecule has 1 N–H and O–H groups in total. The summed E-state index contributed by atoms with van der Waals surface area (Å²) in [5, 5.41) is 3.22. The van der Waals surface area contributed by atoms with E-state index in [0.717, 1.165) is 17.0 Å². The van der Waals surface area contributed by atoms with Crippen LogP contribution in [0.3, 0.4) is 0 Å². The zero-order valence-electron chi connectivity index (χ0n) is 11.6. The molecule has 0 amide bonds. The van der Waals surface area contributed by atoms with Crippen LogP contribution in [0.15, 0.2) is 60.9 Å². The molecule has 0 aliphatic heterocycles. The molecule has 21 heavy (non-hydrogen) atoms. The van der Waals surface area contributed by atoms with Crippen LogP contribution in [0.5, 0.6) is 0 Å². The smallest absolute Gasteiger partial charge is 0.333 e. The molecule has 0 fully saturated rings. The van der Waals surface area contributed by atoms with E-state index in [0.29, 0.717) is 0 Å². The van der Waals surface area contributed by atoms with Gasteiger partial charge in [-0.15, -0.1) is 0 Å². The van der Waals surface area contributed by atoms with E-state index < -0.39 is 6.04 Å². The minimum absolute atomic E-state index is 0.335. The SMILES string of the molecule is COC(=O)C(Nc1cccc2nccn12)c1ccccc1. The van der Waals surface area contributed by atoms with Crippen molar-refractivity contribution < 1.29 is 9.53 Å². The predicted octanol–water partition coefficient (Wildman–Crippen LogP) is 2.66. The van der Waals surface area contributed by atoms with Gasteiger partial charge in [-0.05, 0) is 17.7 Å². The highest BCUT2D eigenvalue weighted by Gasteiger charge is 2.21. The average Bonchev–Trinajstić information content (AvgIpc) is 3.02. The second kappa shape index (κ2) is 5.66. The maximum atomic E-state index is 12.1. The molecule has 1 unspecified atom stereocenters. The van der Waals surface area contributed by atoms with Gasteiger partial charge in [0.05, 0.1) is 7.11 Å². The molecule has 0 saturated heterocycles. The summed E-state index contributed by atoms with van der Waals surface area (Å²) >= 11 is 0. The number of imidazole rings is 1. The van der Waals surface area contributed by atoms with Crippen LogP contribution in [0.2, 0.25) is 0 Å². The van der Waals surface area contributed by atoms with Crippen LogP contribution < -0.4 is 5.32 Å². The number of benzene rings is 1. The van der Waals surface area contributed by atoms with Gasteiger partial charge in [-0.25, -0.2) is 9.78 Å². The highest BCUT2D eigenvalue weighted by atomic mass is 16.5. The third-order valence-corrected chi connectivity index (χ3v) is 3.29. The van der Waals surface area contributed by atoms with Gasteiger partial charge in [-0.1, -0.05) is 36.4 Å². The van der Waals surface area contributed by atoms with Gasteiger partial charge < -0.3 is 10.1 Å². The zero-order chi connectivity index (χ0) is 14.7. The number of nitrogens with one attached hydrogen (secondary N) is 1. The summed E-state index contributed by atoms with van der Waals surface area (Å²) in [6, 6.07) is 14.6. The zero-order valence-corrected chi connectivity index (χ0v) is 11.6. The van der Waals surface area contributed by atoms with E-state index >= 15 is 0 Å². The molecule has 5 heteroatoms. The average molecular weight is 281 g/mol. The molecule has 0 radical (unpaired) electrons. The van der Waals surface area contributed by atoms with Crippen LogP contribution in [0.1, 0.15) is 11.6 Å². The van der Waals surface area contributed by atoms with Crippen LogP contribution >= 0.6 is 0 Å². The van der Waals surface area contributed by atoms with Crippen LogP contribution in [-0.4, -0.2) is 22.5 Å². The molecular formula is C16H15N3O2. The highest BCUT2D eigenvalue weighted by Crippen LogP contribution is 2.21. The van der Waals surface area contributed by atoms with Crippen LogP contribution in [0.4, 0.5) is 5.82 Å². The molecule has 2 heterocycles. The first-order valence-electron chi connectivity index (χ1n) is 6.61. The number of esters is 1. The van der Waals surface area contributed by atoms with Gasteiger partial charge in [0.1, 0.15) is 11.5 Å². The molecule has 5 nitrogen and oxygen atoms in total. The number of fused-ring (bicyclic) bond motifs is 1. The largest absolute Gasteiger partial charge is 0.467 e. The maximum absolute atomic E-state index is 12.1. The summed E-state index contributed by atoms with van der Waals surface area (Å²) in [5.74, 6) is 0.447. The second-order valence-corrected chi connectivity index (χ2v) is 4.58. The van der Waals surface area contributed by atoms with Crippen LogP contribution in [0.25, 0.3) is 5.65 Å². The molecule has 3 rings (SSSR count). The van der Waals surface area contributed by atoms with E-state index in [1.54, 1.807) is 6.20 Å². The summed E-state index contributed by atoms with van der Waals surface area (Å²) in [4.78, 5) is 16.3. The molecule has 0 saturated carbocycles. The van der Waals surface area contributed by atoms with E-state index in [4.69, 9.17) is 4.74 Å². The fraction of sp³-hybridized carbons (Fsp3) is 0.125. The normalized spacial score (nSPS) is 12.0. The van der Waals surface area contributed by atoms with Gasteiger partial charge in [0, 0.05) is 12.4 Å². The van der Waals surface area contributed by atoms with Crippen molar-refractivity contribution in [3.05, 3.63) is 66.5 Å². The maximum Gasteiger partial charge on any atom is 0.333 e. The Hall–Kier alpha value is -2.82. The van der Waals surface area contributed by atoms with Crippen molar-refractivity contribution in [2.24, 2.45) is 0 Å². The Labute approximate surface area is 122 Å². The number of ether oxygens (including phenoxy) is 1. The summed E-state index contributed by atoms with van der Waals surface area (Å²) in [6.07, 6.45) is 3.56. The number of carbonyl (C=O) groups is 1. The van der Waals surface area contributed by atoms with E-state index in [-0.39, 0.29) is 5.97 Å². The highest BCUT2D eigenvalue weighted by molar-refractivity contribution is 5.80. The molecule has 0 bridgehead atoms. The Bertz CT molecular complexity index is 752. The van der Waals surface area contributed by atoms with Gasteiger partial charge >= 0.3 is 5.97 Å². The summed E-state index contributed by atoms with van der Waals surface area (Å²) < 4.78 is 6.79. The lowest BCUT2D eigenvalue weighted by Crippen LogP contribution is -2.23. The number of hydrogen-bond donors (Lipinski definition) is 1. The molecule has 0 spiro atoms. The molecular weight excluding hydrogens is 266 g/mol. The molecule has 1 atom stereocenters. The number of carbonyl (C=O) groups excluding carboxylic acids is 1. The second-order valence-electron chi connectivity index (χ2n) is 4.58. The lowest BCUT2D eigenvalue weighted by atomic mass is 10.1. The minimum Gasteiger partial charge on any atom is -0.467 e. The Balaban J connectivity index is 1.99. The number of anilines is 1. The third-order valence-electron chi connectivity index (χ3n) is 3.29. The Morgan fingerprint density at radius 1 is 1.19 bits per heavy atom. The van der Waals surface area contributed by atoms with Crippen molar-refractivity contribution in [1.29, 1.82) is 0 Å². The Morgan fingerprint density at radius 2 is 2.00 bits per heavy atom. The van der Waals surface area contributed by atoms with Crippen LogP contribution in [0, 0.1) is 0 Å². The van der Waals surface area contributed by atoms with Gasteiger partial charge in [0.25, 0.3) is 0 Å². The van der Waals surface area contributed by atoms with Gasteiger partial charge in [-0.3, -0.25) is 4.40 Å². The molecule has 106 valence electrons. The Kier molecular flexibility index (Phi) is 3.55. The first kappa shape index (κ1) is 13.2. The van der Waals surface area contributed by atoms with Crippen molar-refractivity contribution in [3.8, 4) is 0 Å². The number of pyridine rings is 1. The lowest BCUT2D eigenvalue weighted by molar-refractivity contribution is -0.141. The van der Waals surface area contributed by atoms with Crippen molar-refractivity contribution in [2.45, 2.75) is 6.04 Å². The first-order chi connectivity index (χ1) is 10.3. The number of hydrogen-bond acceptors (Lipinski definition) is 4. The van der Waals surface area contributed by atoms with E-state index in [1.807, 2.05) is 59.1 Å². The third kappa shape index (κ3) is 2.58. The lowest BCUT2D eigenvalue weighted by Gasteiger charge is -2.18. The topological polar surface area (TPSA) is 55.6 Å². The molecule has 3 aromatic rings. The molecule has 0 aliphatic carbocycles. The number of aromatic nitrogens is 2. The monoisotopic (exact) mass is 281 g/mol. The van der Waals surface area contributed by atoms with Crippen molar-refractivity contribution in [1.82, 2.24) is 9.38 Å². The Morgan fingerprint density at radius 3 is 2.76 bits per heavy atom. The predicted molar refractivity (Wildman–Crippen MR) is 80.0 cm³/mol. The van der Waals surface area contributed by atoms with E-state index in [1.165, 1.54) is 7.11 Å². The van der Waals surface area contributed by atoms with Crippen molar-refractivity contribution in [3.63, 3.8) is 0 Å². The van der Waals surface area contributed by atoms with Gasteiger partial charge in [0.15, 0.2) is 6.04 Å². The fourth-order valence-electron chi connectivity index (χ4n) is 2.25. The molecule has 2 aromatic heterocycles. The van der Waals surface area contributed by atoms with Crippen LogP contribution in [-0.2, 0) is 9.53 Å². The van der Waals surface area contributed by atoms with E-state index in [2.05, 4.69) is 10.3 Å². The van der Waals surface area contributed by atoms with Crippen molar-refractivity contribution in [2.75, 3.05) is 12.4 Å². The molecule has 0 aliphatic rings.